The van der Waals surface area contributed by atoms with E-state index in [1.807, 2.05) is 0 Å². The summed E-state index contributed by atoms with van der Waals surface area (Å²) in [6, 6.07) is 37.8. The second kappa shape index (κ2) is 35.1. The lowest BCUT2D eigenvalue weighted by Gasteiger charge is -2.25. The molecule has 8 heteroatoms. The second-order valence-electron chi connectivity index (χ2n) is 42.7. The Labute approximate surface area is 657 Å². The van der Waals surface area contributed by atoms with Crippen LogP contribution in [0.2, 0.25) is 78.6 Å². The SMILES string of the molecule is CCC(CC)c1ccc(C)c(-c2cc(CC(C)(C)C)c([Si](C)(C)C)c[n+]2C)c1.Cc1ccc(-c2cc(CC(C)(C)C)c([Si](C)(C)C)c[n+]2C)c(C)c1.Cc1ccc(C(C)(C)C)cc1-c1cc(CC(C)(C)C)c([Si](C)(C)C)c[n+]1C.Cc1ccc(CC(C)C)cc1-c1cc(CC(C)(C)C)c([Si](C)(C)C)c[n+]1C. The highest BCUT2D eigenvalue weighted by Crippen LogP contribution is 2.35. The van der Waals surface area contributed by atoms with E-state index in [0.29, 0.717) is 22.7 Å². The molecule has 4 aromatic carbocycles. The topological polar surface area (TPSA) is 15.5 Å². The summed E-state index contributed by atoms with van der Waals surface area (Å²) in [5.74, 6) is 1.33. The van der Waals surface area contributed by atoms with Gasteiger partial charge in [-0.05, 0) is 204 Å². The highest BCUT2D eigenvalue weighted by Gasteiger charge is 2.34. The van der Waals surface area contributed by atoms with Crippen molar-refractivity contribution in [2.75, 3.05) is 0 Å². The largest absolute Gasteiger partial charge is 0.212 e. The third-order valence-corrected chi connectivity index (χ3v) is 29.1. The van der Waals surface area contributed by atoms with Crippen molar-refractivity contribution in [1.82, 2.24) is 0 Å². The molecule has 580 valence electrons. The van der Waals surface area contributed by atoms with Gasteiger partial charge in [0, 0.05) is 67.3 Å². The zero-order chi connectivity index (χ0) is 80.9. The zero-order valence-electron chi connectivity index (χ0n) is 75.9. The minimum atomic E-state index is -1.41. The molecule has 0 aliphatic heterocycles. The maximum atomic E-state index is 2.50. The van der Waals surface area contributed by atoms with Gasteiger partial charge in [-0.3, -0.25) is 0 Å². The quantitative estimate of drug-likeness (QED) is 0.0638. The summed E-state index contributed by atoms with van der Waals surface area (Å²) in [6.45, 7) is 84.8. The number of benzene rings is 4. The Bertz CT molecular complexity index is 4300. The Morgan fingerprint density at radius 2 is 0.632 bits per heavy atom. The van der Waals surface area contributed by atoms with E-state index in [2.05, 4.69) is 413 Å². The van der Waals surface area contributed by atoms with Gasteiger partial charge in [0.2, 0.25) is 22.8 Å². The number of hydrogen-bond donors (Lipinski definition) is 0. The molecule has 4 aromatic heterocycles. The molecule has 106 heavy (non-hydrogen) atoms. The predicted molar refractivity (Wildman–Crippen MR) is 481 cm³/mol. The average molecular weight is 1500 g/mol. The van der Waals surface area contributed by atoms with Gasteiger partial charge in [0.15, 0.2) is 24.8 Å². The molecule has 4 nitrogen and oxygen atoms in total. The number of aromatic nitrogens is 4. The van der Waals surface area contributed by atoms with Gasteiger partial charge < -0.3 is 0 Å². The van der Waals surface area contributed by atoms with Gasteiger partial charge in [0.05, 0.1) is 32.3 Å². The molecule has 0 fully saturated rings. The molecule has 0 saturated carbocycles. The van der Waals surface area contributed by atoms with Gasteiger partial charge in [-0.2, -0.15) is 0 Å². The fraction of sp³-hybridized carbons (Fsp3) is 0.551. The number of pyridine rings is 4. The summed E-state index contributed by atoms with van der Waals surface area (Å²) in [4.78, 5) is 0. The van der Waals surface area contributed by atoms with Crippen LogP contribution < -0.4 is 39.0 Å². The first-order valence-corrected chi connectivity index (χ1v) is 54.6. The van der Waals surface area contributed by atoms with Crippen LogP contribution in [0.4, 0.5) is 0 Å². The molecule has 0 saturated heterocycles. The van der Waals surface area contributed by atoms with Crippen LogP contribution in [-0.4, -0.2) is 32.3 Å². The van der Waals surface area contributed by atoms with E-state index in [1.165, 1.54) is 114 Å². The molecule has 0 aliphatic rings. The first-order valence-electron chi connectivity index (χ1n) is 40.6. The molecule has 0 aliphatic carbocycles. The van der Waals surface area contributed by atoms with Crippen molar-refractivity contribution in [3.63, 3.8) is 0 Å². The van der Waals surface area contributed by atoms with E-state index in [4.69, 9.17) is 0 Å². The van der Waals surface area contributed by atoms with Crippen LogP contribution in [0.5, 0.6) is 0 Å². The Morgan fingerprint density at radius 1 is 0.330 bits per heavy atom. The lowest BCUT2D eigenvalue weighted by Crippen LogP contribution is -2.47. The lowest BCUT2D eigenvalue weighted by molar-refractivity contribution is -0.659. The van der Waals surface area contributed by atoms with Crippen LogP contribution in [0.1, 0.15) is 217 Å². The Balaban J connectivity index is 0.000000254. The molecule has 0 radical (unpaired) electrons. The van der Waals surface area contributed by atoms with Crippen LogP contribution in [0.3, 0.4) is 0 Å². The predicted octanol–water partition coefficient (Wildman–Crippen LogP) is 23.2. The van der Waals surface area contributed by atoms with Gasteiger partial charge in [0.25, 0.3) is 0 Å². The van der Waals surface area contributed by atoms with Gasteiger partial charge in [0.1, 0.15) is 28.2 Å². The van der Waals surface area contributed by atoms with E-state index in [1.54, 1.807) is 31.9 Å². The minimum absolute atomic E-state index is 0.160. The molecular formula is C98H156N4Si4+4. The van der Waals surface area contributed by atoms with Crippen molar-refractivity contribution in [3.8, 4) is 45.0 Å². The molecule has 0 unspecified atom stereocenters. The van der Waals surface area contributed by atoms with E-state index in [9.17, 15) is 0 Å². The third kappa shape index (κ3) is 26.3. The van der Waals surface area contributed by atoms with Crippen LogP contribution in [0.15, 0.2) is 122 Å². The van der Waals surface area contributed by atoms with Crippen LogP contribution >= 0.6 is 0 Å². The maximum absolute atomic E-state index is 2.50. The molecule has 4 heterocycles. The smallest absolute Gasteiger partial charge is 0.201 e. The molecular weight excluding hydrogens is 1350 g/mol. The van der Waals surface area contributed by atoms with Gasteiger partial charge >= 0.3 is 0 Å². The molecule has 0 spiro atoms. The Morgan fingerprint density at radius 3 is 0.925 bits per heavy atom. The van der Waals surface area contributed by atoms with Crippen molar-refractivity contribution < 1.29 is 18.3 Å². The fourth-order valence-electron chi connectivity index (χ4n) is 15.3. The highest BCUT2D eigenvalue weighted by atomic mass is 28.3. The monoisotopic (exact) mass is 1500 g/mol. The van der Waals surface area contributed by atoms with Gasteiger partial charge in [-0.15, -0.1) is 0 Å². The highest BCUT2D eigenvalue weighted by molar-refractivity contribution is 6.90. The summed E-state index contributed by atoms with van der Waals surface area (Å²) < 4.78 is 9.42. The third-order valence-electron chi connectivity index (χ3n) is 20.8. The normalized spacial score (nSPS) is 12.8. The van der Waals surface area contributed by atoms with Crippen molar-refractivity contribution >= 4 is 53.0 Å². The standard InChI is InChI=1S/C26H42NSi.2C25H40NSi.C22H34NSi/c1-11-20(12-2)21-14-13-19(3)23(15-21)24-16-22(17-26(4,5)6)25(18-27(24)7)28(8,9)10;1-18-12-13-20(25(5,6)7)15-21(18)22-14-19(16-24(2,3)4)23(17-26(22)8)27(9,10)11;1-18(2)13-20-12-11-19(3)22(14-20)23-15-21(16-25(4,5)6)24(17-26(23)7)27(8,9)10;1-16-10-11-19(17(2)12-16)20-13-18(14-22(3,4)5)21(15-23(20)6)24(7,8)9/h13-16,18,20H,11-12,17H2,1-10H3;12-15,17H,16H2,1-11H3;11-12,14-15,17-18H,13,16H2,1-10H3;10-13,15H,14H2,1-9H3/q4*+1. The first-order chi connectivity index (χ1) is 48.1. The van der Waals surface area contributed by atoms with Gasteiger partial charge in [-0.25, -0.2) is 18.3 Å². The number of rotatable bonds is 17. The molecule has 8 rings (SSSR count). The van der Waals surface area contributed by atoms with E-state index >= 15 is 0 Å². The van der Waals surface area contributed by atoms with Crippen molar-refractivity contribution in [2.45, 2.75) is 301 Å². The van der Waals surface area contributed by atoms with Crippen LogP contribution in [0, 0.1) is 62.2 Å². The summed E-state index contributed by atoms with van der Waals surface area (Å²) in [5, 5.41) is 6.38. The molecule has 0 bridgehead atoms. The fourth-order valence-corrected chi connectivity index (χ4v) is 22.2. The maximum Gasteiger partial charge on any atom is 0.212 e. The molecule has 0 amide bonds. The Hall–Kier alpha value is -5.65. The second-order valence-corrected chi connectivity index (χ2v) is 62.9. The summed E-state index contributed by atoms with van der Waals surface area (Å²) in [7, 11) is 3.25. The number of nitrogens with zero attached hydrogens (tertiary/aromatic N) is 4. The number of aryl methyl sites for hydroxylation is 9. The van der Waals surface area contributed by atoms with Crippen molar-refractivity contribution in [1.29, 1.82) is 0 Å². The van der Waals surface area contributed by atoms with Crippen LogP contribution in [-0.2, 0) is 65.7 Å². The van der Waals surface area contributed by atoms with E-state index < -0.39 is 32.3 Å². The average Bonchev–Trinajstić information content (AvgIpc) is 0.779. The summed E-state index contributed by atoms with van der Waals surface area (Å²) >= 11 is 0. The lowest BCUT2D eigenvalue weighted by atomic mass is 9.84. The van der Waals surface area contributed by atoms with Crippen molar-refractivity contribution in [2.24, 2.45) is 55.8 Å². The summed E-state index contributed by atoms with van der Waals surface area (Å²) in [5.41, 5.74) is 29.4. The minimum Gasteiger partial charge on any atom is -0.201 e. The molecule has 0 N–H and O–H groups in total. The van der Waals surface area contributed by atoms with Crippen LogP contribution in [0.25, 0.3) is 45.0 Å². The molecule has 0 atom stereocenters. The Kier molecular flexibility index (Phi) is 30.2. The molecule has 8 aromatic rings. The summed E-state index contributed by atoms with van der Waals surface area (Å²) in [6.07, 6.45) is 17.8. The van der Waals surface area contributed by atoms with Gasteiger partial charge in [-0.1, -0.05) is 264 Å². The van der Waals surface area contributed by atoms with Crippen molar-refractivity contribution in [3.05, 3.63) is 189 Å². The van der Waals surface area contributed by atoms with E-state index in [-0.39, 0.29) is 16.2 Å². The van der Waals surface area contributed by atoms with E-state index in [0.717, 1.165) is 32.1 Å². The first kappa shape index (κ1) is 91.0. The number of hydrogen-bond acceptors (Lipinski definition) is 0. The zero-order valence-corrected chi connectivity index (χ0v) is 79.9.